The van der Waals surface area contributed by atoms with Gasteiger partial charge in [0.05, 0.1) is 0 Å². The summed E-state index contributed by atoms with van der Waals surface area (Å²) in [6.07, 6.45) is 1.01. The molecule has 0 heterocycles. The Bertz CT molecular complexity index is 409. The quantitative estimate of drug-likeness (QED) is 0.789. The summed E-state index contributed by atoms with van der Waals surface area (Å²) in [5.41, 5.74) is 1.26. The van der Waals surface area contributed by atoms with Gasteiger partial charge in [0.2, 0.25) is 0 Å². The molecule has 1 unspecified atom stereocenters. The maximum absolute atomic E-state index is 11.4. The van der Waals surface area contributed by atoms with E-state index in [2.05, 4.69) is 45.6 Å². The van der Waals surface area contributed by atoms with Crippen molar-refractivity contribution in [2.24, 2.45) is 0 Å². The van der Waals surface area contributed by atoms with Crippen LogP contribution in [-0.4, -0.2) is 38.1 Å². The van der Waals surface area contributed by atoms with E-state index in [1.54, 1.807) is 14.1 Å². The first-order valence-electron chi connectivity index (χ1n) is 6.48. The van der Waals surface area contributed by atoms with Crippen molar-refractivity contribution >= 4 is 22.0 Å². The fraction of sp³-hybridized carbons (Fsp3) is 0.500. The van der Waals surface area contributed by atoms with Crippen LogP contribution in [0.1, 0.15) is 24.9 Å². The predicted molar refractivity (Wildman–Crippen MR) is 82.3 cm³/mol. The van der Waals surface area contributed by atoms with Gasteiger partial charge in [0, 0.05) is 37.7 Å². The molecule has 2 amide bonds. The van der Waals surface area contributed by atoms with Gasteiger partial charge in [-0.2, -0.15) is 0 Å². The average Bonchev–Trinajstić information content (AvgIpc) is 2.38. The topological polar surface area (TPSA) is 44.4 Å². The molecular formula is C14H22BrN3O. The van der Waals surface area contributed by atoms with Gasteiger partial charge in [-0.25, -0.2) is 4.79 Å². The highest BCUT2D eigenvalue weighted by Gasteiger charge is 2.09. The molecule has 0 aliphatic carbocycles. The summed E-state index contributed by atoms with van der Waals surface area (Å²) in [6.45, 7) is 3.53. The lowest BCUT2D eigenvalue weighted by atomic mass is 10.0. The zero-order valence-corrected chi connectivity index (χ0v) is 13.3. The highest BCUT2D eigenvalue weighted by Crippen LogP contribution is 2.20. The van der Waals surface area contributed by atoms with Crippen molar-refractivity contribution < 1.29 is 4.79 Å². The summed E-state index contributed by atoms with van der Waals surface area (Å²) in [7, 11) is 3.47. The van der Waals surface area contributed by atoms with Crippen molar-refractivity contribution in [1.29, 1.82) is 0 Å². The van der Waals surface area contributed by atoms with E-state index in [-0.39, 0.29) is 6.03 Å². The Morgan fingerprint density at radius 2 is 2.11 bits per heavy atom. The van der Waals surface area contributed by atoms with Crippen LogP contribution in [0.5, 0.6) is 0 Å². The van der Waals surface area contributed by atoms with Gasteiger partial charge in [0.15, 0.2) is 0 Å². The Labute approximate surface area is 123 Å². The monoisotopic (exact) mass is 327 g/mol. The molecule has 0 saturated heterocycles. The number of amides is 2. The Kier molecular flexibility index (Phi) is 6.87. The first kappa shape index (κ1) is 16.0. The minimum Gasteiger partial charge on any atom is -0.337 e. The van der Waals surface area contributed by atoms with Crippen molar-refractivity contribution in [2.75, 3.05) is 27.2 Å². The summed E-state index contributed by atoms with van der Waals surface area (Å²) in [5.74, 6) is 0. The average molecular weight is 328 g/mol. The molecule has 0 fully saturated rings. The lowest BCUT2D eigenvalue weighted by Gasteiger charge is -2.18. The lowest BCUT2D eigenvalue weighted by Crippen LogP contribution is -2.39. The number of nitrogens with zero attached hydrogens (tertiary/aromatic N) is 1. The first-order chi connectivity index (χ1) is 9.04. The minimum absolute atomic E-state index is 0.0581. The molecule has 4 nitrogen and oxygen atoms in total. The van der Waals surface area contributed by atoms with Crippen LogP contribution in [0.2, 0.25) is 0 Å². The maximum Gasteiger partial charge on any atom is 0.316 e. The number of nitrogens with one attached hydrogen (secondary N) is 2. The molecule has 0 bridgehead atoms. The van der Waals surface area contributed by atoms with Crippen LogP contribution in [-0.2, 0) is 0 Å². The van der Waals surface area contributed by atoms with E-state index in [1.807, 2.05) is 12.1 Å². The van der Waals surface area contributed by atoms with Crippen LogP contribution < -0.4 is 10.6 Å². The van der Waals surface area contributed by atoms with Gasteiger partial charge < -0.3 is 15.5 Å². The summed E-state index contributed by atoms with van der Waals surface area (Å²) in [5, 5.41) is 6.29. The van der Waals surface area contributed by atoms with E-state index in [0.717, 1.165) is 17.4 Å². The third-order valence-electron chi connectivity index (χ3n) is 2.86. The highest BCUT2D eigenvalue weighted by atomic mass is 79.9. The summed E-state index contributed by atoms with van der Waals surface area (Å²) >= 11 is 3.49. The summed E-state index contributed by atoms with van der Waals surface area (Å²) in [6, 6.07) is 8.56. The van der Waals surface area contributed by atoms with E-state index in [1.165, 1.54) is 10.5 Å². The molecule has 5 heteroatoms. The second kappa shape index (κ2) is 8.17. The van der Waals surface area contributed by atoms with Crippen molar-refractivity contribution in [3.63, 3.8) is 0 Å². The molecule has 0 aliphatic heterocycles. The Hall–Kier alpha value is -1.07. The largest absolute Gasteiger partial charge is 0.337 e. The molecule has 1 aromatic carbocycles. The maximum atomic E-state index is 11.4. The molecule has 0 radical (unpaired) electrons. The van der Waals surface area contributed by atoms with E-state index in [9.17, 15) is 4.79 Å². The second-order valence-electron chi connectivity index (χ2n) is 4.60. The van der Waals surface area contributed by atoms with Crippen molar-refractivity contribution in [1.82, 2.24) is 15.5 Å². The molecule has 1 rings (SSSR count). The van der Waals surface area contributed by atoms with Crippen LogP contribution in [0, 0.1) is 0 Å². The highest BCUT2D eigenvalue weighted by molar-refractivity contribution is 9.10. The van der Waals surface area contributed by atoms with Crippen LogP contribution in [0.3, 0.4) is 0 Å². The van der Waals surface area contributed by atoms with Gasteiger partial charge in [0.25, 0.3) is 0 Å². The molecule has 0 spiro atoms. The van der Waals surface area contributed by atoms with Crippen molar-refractivity contribution in [2.45, 2.75) is 19.4 Å². The third kappa shape index (κ3) is 5.61. The fourth-order valence-corrected chi connectivity index (χ4v) is 2.21. The number of hydrogen-bond donors (Lipinski definition) is 2. The normalized spacial score (nSPS) is 12.0. The van der Waals surface area contributed by atoms with Gasteiger partial charge >= 0.3 is 6.03 Å². The van der Waals surface area contributed by atoms with Crippen molar-refractivity contribution in [3.8, 4) is 0 Å². The van der Waals surface area contributed by atoms with Gasteiger partial charge in [0.1, 0.15) is 0 Å². The van der Waals surface area contributed by atoms with Crippen LogP contribution in [0.15, 0.2) is 28.7 Å². The van der Waals surface area contributed by atoms with Gasteiger partial charge in [-0.3, -0.25) is 0 Å². The lowest BCUT2D eigenvalue weighted by molar-refractivity contribution is 0.217. The van der Waals surface area contributed by atoms with Gasteiger partial charge in [-0.05, 0) is 24.1 Å². The van der Waals surface area contributed by atoms with E-state index >= 15 is 0 Å². The zero-order chi connectivity index (χ0) is 14.3. The standard InChI is InChI=1S/C14H22BrN3O/c1-4-13(11-6-5-7-12(15)10-11)16-8-9-17-14(19)18(2)3/h5-7,10,13,16H,4,8-9H2,1-3H3,(H,17,19). The smallest absolute Gasteiger partial charge is 0.316 e. The van der Waals surface area contributed by atoms with Crippen LogP contribution in [0.25, 0.3) is 0 Å². The second-order valence-corrected chi connectivity index (χ2v) is 5.51. The molecular weight excluding hydrogens is 306 g/mol. The van der Waals surface area contributed by atoms with E-state index in [4.69, 9.17) is 0 Å². The molecule has 0 aromatic heterocycles. The van der Waals surface area contributed by atoms with Crippen LogP contribution in [0.4, 0.5) is 4.79 Å². The molecule has 0 aliphatic rings. The Balaban J connectivity index is 2.39. The molecule has 1 aromatic rings. The zero-order valence-electron chi connectivity index (χ0n) is 11.7. The minimum atomic E-state index is -0.0581. The SMILES string of the molecule is CCC(NCCNC(=O)N(C)C)c1cccc(Br)c1. The fourth-order valence-electron chi connectivity index (χ4n) is 1.80. The summed E-state index contributed by atoms with van der Waals surface area (Å²) < 4.78 is 1.09. The van der Waals surface area contributed by atoms with Gasteiger partial charge in [-0.15, -0.1) is 0 Å². The number of benzene rings is 1. The Morgan fingerprint density at radius 1 is 1.37 bits per heavy atom. The summed E-state index contributed by atoms with van der Waals surface area (Å²) in [4.78, 5) is 12.9. The number of hydrogen-bond acceptors (Lipinski definition) is 2. The van der Waals surface area contributed by atoms with Crippen LogP contribution >= 0.6 is 15.9 Å². The van der Waals surface area contributed by atoms with E-state index in [0.29, 0.717) is 12.6 Å². The molecule has 106 valence electrons. The number of halogens is 1. The number of carbonyl (C=O) groups excluding carboxylic acids is 1. The first-order valence-corrected chi connectivity index (χ1v) is 7.28. The number of rotatable bonds is 6. The third-order valence-corrected chi connectivity index (χ3v) is 3.35. The number of carbonyl (C=O) groups is 1. The molecule has 2 N–H and O–H groups in total. The predicted octanol–water partition coefficient (Wildman–Crippen LogP) is 2.76. The molecule has 0 saturated carbocycles. The van der Waals surface area contributed by atoms with Gasteiger partial charge in [-0.1, -0.05) is 35.0 Å². The number of urea groups is 1. The Morgan fingerprint density at radius 3 is 2.68 bits per heavy atom. The molecule has 19 heavy (non-hydrogen) atoms. The molecule has 1 atom stereocenters. The van der Waals surface area contributed by atoms with E-state index < -0.39 is 0 Å². The van der Waals surface area contributed by atoms with Crippen molar-refractivity contribution in [3.05, 3.63) is 34.3 Å².